The number of allylic oxidation sites excluding steroid dienone is 1. The molecule has 1 aromatic rings. The van der Waals surface area contributed by atoms with Gasteiger partial charge in [-0.1, -0.05) is 88.5 Å². The summed E-state index contributed by atoms with van der Waals surface area (Å²) < 4.78 is 10.3. The van der Waals surface area contributed by atoms with Crippen molar-refractivity contribution in [3.63, 3.8) is 0 Å². The smallest absolute Gasteiger partial charge is 0.337 e. The lowest BCUT2D eigenvalue weighted by Crippen LogP contribution is -2.55. The van der Waals surface area contributed by atoms with Gasteiger partial charge in [-0.3, -0.25) is 9.59 Å². The Labute approximate surface area is 278 Å². The number of carboxylic acid groups (broad SMARTS) is 2. The van der Waals surface area contributed by atoms with Gasteiger partial charge in [-0.05, 0) is 50.3 Å². The molecule has 262 valence electrons. The van der Waals surface area contributed by atoms with E-state index in [2.05, 4.69) is 24.1 Å². The van der Waals surface area contributed by atoms with Gasteiger partial charge in [-0.25, -0.2) is 9.59 Å². The molecule has 11 heteroatoms. The van der Waals surface area contributed by atoms with Crippen molar-refractivity contribution in [3.05, 3.63) is 42.0 Å². The number of carboxylic acids is 2. The Hall–Kier alpha value is -3.88. The maximum Gasteiger partial charge on any atom is 0.337 e. The van der Waals surface area contributed by atoms with Crippen LogP contribution in [0.4, 0.5) is 0 Å². The Bertz CT molecular complexity index is 1190. The largest absolute Gasteiger partial charge is 0.481 e. The zero-order valence-corrected chi connectivity index (χ0v) is 28.0. The number of carbonyl (C=O) groups excluding carboxylic acids is 2. The molecule has 0 radical (unpaired) electrons. The Balaban J connectivity index is 2.88. The van der Waals surface area contributed by atoms with Crippen molar-refractivity contribution in [2.24, 2.45) is 5.92 Å². The summed E-state index contributed by atoms with van der Waals surface area (Å²) in [5.41, 5.74) is -2.35. The molecule has 0 fully saturated rings. The molecule has 0 heterocycles. The number of aliphatic hydroxyl groups excluding tert-OH is 1. The van der Waals surface area contributed by atoms with Crippen molar-refractivity contribution in [3.8, 4) is 17.6 Å². The normalized spacial score (nSPS) is 14.2. The van der Waals surface area contributed by atoms with Crippen LogP contribution in [0, 0.1) is 17.8 Å². The summed E-state index contributed by atoms with van der Waals surface area (Å²) in [5, 5.41) is 42.8. The number of carbonyl (C=O) groups is 4. The molecule has 1 aromatic carbocycles. The van der Waals surface area contributed by atoms with Crippen LogP contribution in [0.25, 0.3) is 0 Å². The predicted octanol–water partition coefficient (Wildman–Crippen LogP) is 4.81. The minimum Gasteiger partial charge on any atom is -0.481 e. The molecule has 5 N–H and O–H groups in total. The minimum absolute atomic E-state index is 0.0259. The first-order valence-electron chi connectivity index (χ1n) is 16.5. The van der Waals surface area contributed by atoms with Crippen LogP contribution in [0.2, 0.25) is 0 Å². The van der Waals surface area contributed by atoms with Gasteiger partial charge < -0.3 is 35.2 Å². The summed E-state index contributed by atoms with van der Waals surface area (Å²) in [6.45, 7) is 4.07. The number of esters is 1. The first kappa shape index (κ1) is 41.1. The summed E-state index contributed by atoms with van der Waals surface area (Å²) in [5.74, 6) is -1.10. The maximum absolute atomic E-state index is 13.5. The molecule has 0 aliphatic heterocycles. The number of hydrogen-bond donors (Lipinski definition) is 5. The fraction of sp³-hybridized carbons (Fsp3) is 0.611. The Morgan fingerprint density at radius 3 is 2.13 bits per heavy atom. The maximum atomic E-state index is 13.5. The van der Waals surface area contributed by atoms with E-state index in [9.17, 15) is 39.6 Å². The number of unbranched alkanes of at least 4 members (excludes halogenated alkanes) is 8. The second kappa shape index (κ2) is 23.4. The van der Waals surface area contributed by atoms with Crippen LogP contribution in [0.15, 0.2) is 36.4 Å². The van der Waals surface area contributed by atoms with Crippen molar-refractivity contribution in [2.75, 3.05) is 13.7 Å². The molecule has 0 spiro atoms. The van der Waals surface area contributed by atoms with Gasteiger partial charge in [0.05, 0.1) is 25.6 Å². The molecule has 0 saturated heterocycles. The zero-order chi connectivity index (χ0) is 35.1. The van der Waals surface area contributed by atoms with E-state index in [0.717, 1.165) is 52.1 Å². The molecule has 11 nitrogen and oxygen atoms in total. The standard InChI is InChI=1S/C36H53NO10/c1-4-6-8-11-14-17-28(38)18-15-12-9-10-13-16-19-30(36(45,35(43)44)26-32(39)40)33(41)37-31(34(42)46-3)25-27-20-22-29(23-21-27)47-24-7-5-2/h16,19-23,28,30-31,38,45H,4,6,8-15,17-18,24-26H2,1-3H3,(H,37,41)(H,39,40)(H,43,44)/b19-16+/t28-,30?,31-,36-/m0/s1. The van der Waals surface area contributed by atoms with Gasteiger partial charge >= 0.3 is 17.9 Å². The Morgan fingerprint density at radius 1 is 0.957 bits per heavy atom. The first-order valence-corrected chi connectivity index (χ1v) is 16.5. The van der Waals surface area contributed by atoms with E-state index in [4.69, 9.17) is 9.47 Å². The van der Waals surface area contributed by atoms with Crippen molar-refractivity contribution in [2.45, 2.75) is 121 Å². The van der Waals surface area contributed by atoms with E-state index < -0.39 is 47.8 Å². The van der Waals surface area contributed by atoms with Gasteiger partial charge in [0, 0.05) is 6.42 Å². The molecule has 0 bridgehead atoms. The van der Waals surface area contributed by atoms with Gasteiger partial charge in [0.1, 0.15) is 18.4 Å². The van der Waals surface area contributed by atoms with Gasteiger partial charge in [0.15, 0.2) is 5.60 Å². The highest BCUT2D eigenvalue weighted by molar-refractivity contribution is 5.94. The van der Waals surface area contributed by atoms with Crippen molar-refractivity contribution in [1.29, 1.82) is 0 Å². The number of methoxy groups -OCH3 is 1. The van der Waals surface area contributed by atoms with E-state index >= 15 is 0 Å². The monoisotopic (exact) mass is 659 g/mol. The molecule has 0 aliphatic rings. The van der Waals surface area contributed by atoms with Gasteiger partial charge in [0.25, 0.3) is 0 Å². The molecule has 4 atom stereocenters. The van der Waals surface area contributed by atoms with Crippen molar-refractivity contribution < 1.29 is 49.1 Å². The van der Waals surface area contributed by atoms with Crippen LogP contribution < -0.4 is 10.1 Å². The van der Waals surface area contributed by atoms with Crippen LogP contribution in [0.5, 0.6) is 5.75 Å². The van der Waals surface area contributed by atoms with Crippen LogP contribution in [-0.2, 0) is 30.3 Å². The highest BCUT2D eigenvalue weighted by Crippen LogP contribution is 2.26. The van der Waals surface area contributed by atoms with Crippen molar-refractivity contribution in [1.82, 2.24) is 5.32 Å². The highest BCUT2D eigenvalue weighted by Gasteiger charge is 2.49. The average molecular weight is 660 g/mol. The number of nitrogens with one attached hydrogen (secondary N) is 1. The van der Waals surface area contributed by atoms with E-state index in [1.807, 2.05) is 0 Å². The Kier molecular flexibility index (Phi) is 20.5. The van der Waals surface area contributed by atoms with Crippen molar-refractivity contribution >= 4 is 23.8 Å². The average Bonchev–Trinajstić information content (AvgIpc) is 3.03. The molecule has 1 amide bonds. The van der Waals surface area contributed by atoms with Gasteiger partial charge in [0.2, 0.25) is 5.91 Å². The molecule has 47 heavy (non-hydrogen) atoms. The van der Waals surface area contributed by atoms with E-state index in [1.54, 1.807) is 37.3 Å². The fourth-order valence-corrected chi connectivity index (χ4v) is 5.11. The van der Waals surface area contributed by atoms with Crippen LogP contribution in [0.1, 0.15) is 103 Å². The lowest BCUT2D eigenvalue weighted by atomic mass is 9.82. The number of amides is 1. The number of benzene rings is 1. The highest BCUT2D eigenvalue weighted by atomic mass is 16.5. The number of aliphatic carboxylic acids is 2. The van der Waals surface area contributed by atoms with Crippen LogP contribution >= 0.6 is 0 Å². The summed E-state index contributed by atoms with van der Waals surface area (Å²) >= 11 is 0. The second-order valence-corrected chi connectivity index (χ2v) is 11.7. The predicted molar refractivity (Wildman–Crippen MR) is 178 cm³/mol. The quantitative estimate of drug-likeness (QED) is 0.0423. The summed E-state index contributed by atoms with van der Waals surface area (Å²) in [7, 11) is 1.14. The zero-order valence-electron chi connectivity index (χ0n) is 28.0. The van der Waals surface area contributed by atoms with Crippen LogP contribution in [0.3, 0.4) is 0 Å². The molecular formula is C36H53NO10. The first-order chi connectivity index (χ1) is 22.5. The molecule has 0 saturated carbocycles. The number of hydrogen-bond acceptors (Lipinski definition) is 8. The lowest BCUT2D eigenvalue weighted by Gasteiger charge is -2.29. The number of rotatable bonds is 25. The topological polar surface area (TPSA) is 180 Å². The fourth-order valence-electron chi connectivity index (χ4n) is 5.11. The third-order valence-corrected chi connectivity index (χ3v) is 7.87. The number of ether oxygens (including phenoxy) is 2. The number of aliphatic hydroxyl groups is 2. The van der Waals surface area contributed by atoms with E-state index in [1.165, 1.54) is 25.3 Å². The summed E-state index contributed by atoms with van der Waals surface area (Å²) in [6, 6.07) is 5.45. The summed E-state index contributed by atoms with van der Waals surface area (Å²) in [4.78, 5) is 49.7. The molecular weight excluding hydrogens is 606 g/mol. The molecule has 0 aliphatic carbocycles. The molecule has 0 aromatic heterocycles. The molecule has 1 unspecified atom stereocenters. The molecule has 1 rings (SSSR count). The third-order valence-electron chi connectivity index (χ3n) is 7.87. The summed E-state index contributed by atoms with van der Waals surface area (Å²) in [6.07, 6.45) is 12.3. The Morgan fingerprint density at radius 2 is 1.57 bits per heavy atom. The van der Waals surface area contributed by atoms with Crippen LogP contribution in [-0.4, -0.2) is 75.7 Å². The van der Waals surface area contributed by atoms with Gasteiger partial charge in [-0.15, -0.1) is 5.92 Å². The second-order valence-electron chi connectivity index (χ2n) is 11.7. The van der Waals surface area contributed by atoms with Gasteiger partial charge in [-0.2, -0.15) is 0 Å². The van der Waals surface area contributed by atoms with E-state index in [0.29, 0.717) is 24.2 Å². The minimum atomic E-state index is -2.97. The van der Waals surface area contributed by atoms with E-state index in [-0.39, 0.29) is 19.1 Å². The lowest BCUT2D eigenvalue weighted by molar-refractivity contribution is -0.172. The SMILES string of the molecule is CC#CCOc1ccc(C[C@H](NC(=O)C(/C=C/CCCCCC[C@@H](O)CCCCCCC)[C@@](O)(CC(=O)O)C(=O)O)C(=O)OC)cc1. The third kappa shape index (κ3) is 16.5.